The van der Waals surface area contributed by atoms with E-state index in [1.165, 1.54) is 0 Å². The van der Waals surface area contributed by atoms with Crippen molar-refractivity contribution in [3.05, 3.63) is 101 Å². The Morgan fingerprint density at radius 2 is 1.61 bits per heavy atom. The van der Waals surface area contributed by atoms with Crippen molar-refractivity contribution in [3.8, 4) is 0 Å². The van der Waals surface area contributed by atoms with Crippen molar-refractivity contribution in [2.24, 2.45) is 11.3 Å². The van der Waals surface area contributed by atoms with E-state index in [9.17, 15) is 14.4 Å². The summed E-state index contributed by atoms with van der Waals surface area (Å²) in [7, 11) is 0. The first kappa shape index (κ1) is 24.6. The molecule has 1 saturated heterocycles. The number of nitrogens with one attached hydrogen (secondary N) is 1. The maximum atomic E-state index is 14.7. The number of carbonyl (C=O) groups is 3. The fourth-order valence-electron chi connectivity index (χ4n) is 6.66. The number of benzene rings is 3. The summed E-state index contributed by atoms with van der Waals surface area (Å²) in [6.45, 7) is 7.62. The number of carbonyl (C=O) groups excluding carboxylic acids is 3. The average molecular weight is 525 g/mol. The Morgan fingerprint density at radius 1 is 0.947 bits per heavy atom. The monoisotopic (exact) mass is 524 g/mol. The highest BCUT2D eigenvalue weighted by atomic mass is 35.5. The smallest absolute Gasteiger partial charge is 0.238 e. The second-order valence-electron chi connectivity index (χ2n) is 11.5. The minimum absolute atomic E-state index is 0.0929. The van der Waals surface area contributed by atoms with Gasteiger partial charge in [-0.05, 0) is 42.3 Å². The van der Waals surface area contributed by atoms with Crippen LogP contribution in [0.4, 0.5) is 11.4 Å². The zero-order valence-electron chi connectivity index (χ0n) is 21.8. The maximum absolute atomic E-state index is 14.7. The molecule has 3 aliphatic heterocycles. The van der Waals surface area contributed by atoms with Crippen LogP contribution in [0.1, 0.15) is 49.2 Å². The second-order valence-corrected chi connectivity index (χ2v) is 11.9. The highest BCUT2D eigenvalue weighted by Gasteiger charge is 2.71. The van der Waals surface area contributed by atoms with Crippen LogP contribution in [0.25, 0.3) is 5.57 Å². The van der Waals surface area contributed by atoms with Crippen molar-refractivity contribution in [3.63, 3.8) is 0 Å². The van der Waals surface area contributed by atoms with Gasteiger partial charge in [0.15, 0.2) is 11.6 Å². The number of Topliss-reactive ketones (excluding diaryl/α,β-unsaturated/α-hetero) is 2. The Bertz CT molecular complexity index is 1550. The molecule has 1 amide bonds. The average Bonchev–Trinajstić information content (AvgIpc) is 3.36. The topological polar surface area (TPSA) is 66.5 Å². The summed E-state index contributed by atoms with van der Waals surface area (Å²) in [5, 5.41) is 3.36. The number of hydrogen-bond acceptors (Lipinski definition) is 4. The molecule has 0 bridgehead atoms. The second kappa shape index (κ2) is 8.40. The molecule has 38 heavy (non-hydrogen) atoms. The third-order valence-electron chi connectivity index (χ3n) is 8.31. The van der Waals surface area contributed by atoms with Crippen LogP contribution in [-0.4, -0.2) is 29.6 Å². The number of nitrogens with zero attached hydrogens (tertiary/aromatic N) is 1. The van der Waals surface area contributed by atoms with E-state index < -0.39 is 28.8 Å². The molecule has 5 nitrogen and oxygen atoms in total. The van der Waals surface area contributed by atoms with Crippen LogP contribution in [0.5, 0.6) is 0 Å². The number of fused-ring (bicyclic) bond motifs is 6. The van der Waals surface area contributed by atoms with Gasteiger partial charge in [-0.3, -0.25) is 14.4 Å². The largest absolute Gasteiger partial charge is 0.352 e. The summed E-state index contributed by atoms with van der Waals surface area (Å²) in [5.74, 6) is -1.67. The summed E-state index contributed by atoms with van der Waals surface area (Å²) >= 11 is 6.57. The number of para-hydroxylation sites is 2. The van der Waals surface area contributed by atoms with Crippen LogP contribution in [-0.2, 0) is 15.0 Å². The van der Waals surface area contributed by atoms with Crippen molar-refractivity contribution >= 4 is 46.0 Å². The van der Waals surface area contributed by atoms with Crippen molar-refractivity contribution < 1.29 is 14.4 Å². The summed E-state index contributed by atoms with van der Waals surface area (Å²) in [4.78, 5) is 45.5. The highest BCUT2D eigenvalue weighted by Crippen LogP contribution is 2.59. The maximum Gasteiger partial charge on any atom is 0.238 e. The first-order valence-electron chi connectivity index (χ1n) is 12.9. The van der Waals surface area contributed by atoms with Gasteiger partial charge in [-0.25, -0.2) is 0 Å². The molecule has 0 radical (unpaired) electrons. The van der Waals surface area contributed by atoms with Gasteiger partial charge in [0.25, 0.3) is 0 Å². The van der Waals surface area contributed by atoms with Crippen molar-refractivity contribution in [1.82, 2.24) is 0 Å². The molecule has 192 valence electrons. The summed E-state index contributed by atoms with van der Waals surface area (Å²) < 4.78 is 0. The molecule has 1 N–H and O–H groups in total. The van der Waals surface area contributed by atoms with Crippen LogP contribution in [0.3, 0.4) is 0 Å². The standard InChI is InChI=1S/C32H29ClN2O3/c1-18-17-25-32(21-13-7-9-15-23(21)34-30(32)38)26(28(36)20-12-5-8-14-22(20)33)27(29(37)31(2,3)4)35(25)24-16-10-6-11-19(18)24/h5-17,25-27H,1-4H3,(H,34,38)/t25-,26+,27-,32-/m0/s1. The number of rotatable bonds is 3. The Labute approximate surface area is 227 Å². The Balaban J connectivity index is 1.72. The molecule has 0 saturated carbocycles. The summed E-state index contributed by atoms with van der Waals surface area (Å²) in [5.41, 5.74) is 2.48. The zero-order valence-corrected chi connectivity index (χ0v) is 22.5. The summed E-state index contributed by atoms with van der Waals surface area (Å²) in [6.07, 6.45) is 2.06. The van der Waals surface area contributed by atoms with Crippen LogP contribution in [0.2, 0.25) is 5.02 Å². The van der Waals surface area contributed by atoms with Gasteiger partial charge in [0, 0.05) is 27.9 Å². The Hall–Kier alpha value is -3.70. The van der Waals surface area contributed by atoms with Crippen LogP contribution >= 0.6 is 11.6 Å². The lowest BCUT2D eigenvalue weighted by atomic mass is 9.63. The van der Waals surface area contributed by atoms with Crippen molar-refractivity contribution in [2.45, 2.75) is 45.2 Å². The molecule has 3 aliphatic rings. The molecule has 0 aliphatic carbocycles. The molecule has 3 aromatic carbocycles. The Morgan fingerprint density at radius 3 is 2.34 bits per heavy atom. The van der Waals surface area contributed by atoms with Gasteiger partial charge < -0.3 is 10.2 Å². The van der Waals surface area contributed by atoms with Crippen LogP contribution < -0.4 is 10.2 Å². The fourth-order valence-corrected chi connectivity index (χ4v) is 6.89. The quantitative estimate of drug-likeness (QED) is 0.407. The van der Waals surface area contributed by atoms with Crippen LogP contribution in [0, 0.1) is 11.3 Å². The number of amides is 1. The molecule has 6 rings (SSSR count). The summed E-state index contributed by atoms with van der Waals surface area (Å²) in [6, 6.07) is 20.9. The molecule has 0 aromatic heterocycles. The lowest BCUT2D eigenvalue weighted by molar-refractivity contribution is -0.128. The van der Waals surface area contributed by atoms with E-state index in [4.69, 9.17) is 11.6 Å². The number of anilines is 2. The van der Waals surface area contributed by atoms with E-state index in [1.807, 2.05) is 81.1 Å². The van der Waals surface area contributed by atoms with Crippen molar-refractivity contribution in [1.29, 1.82) is 0 Å². The van der Waals surface area contributed by atoms with Gasteiger partial charge in [0.05, 0.1) is 17.0 Å². The third kappa shape index (κ3) is 3.21. The normalized spacial score (nSPS) is 25.4. The van der Waals surface area contributed by atoms with Gasteiger partial charge in [-0.1, -0.05) is 87.0 Å². The molecular formula is C32H29ClN2O3. The van der Waals surface area contributed by atoms with E-state index in [-0.39, 0.29) is 17.5 Å². The van der Waals surface area contributed by atoms with Crippen LogP contribution in [0.15, 0.2) is 78.9 Å². The van der Waals surface area contributed by atoms with Gasteiger partial charge in [0.2, 0.25) is 5.91 Å². The van der Waals surface area contributed by atoms with E-state index >= 15 is 0 Å². The van der Waals surface area contributed by atoms with E-state index in [1.54, 1.807) is 24.3 Å². The van der Waals surface area contributed by atoms with E-state index in [0.29, 0.717) is 16.3 Å². The number of allylic oxidation sites excluding steroid dienone is 1. The van der Waals surface area contributed by atoms with E-state index in [0.717, 1.165) is 22.4 Å². The molecule has 0 unspecified atom stereocenters. The Kier molecular flexibility index (Phi) is 5.45. The molecular weight excluding hydrogens is 496 g/mol. The molecule has 1 fully saturated rings. The molecule has 4 atom stereocenters. The first-order valence-corrected chi connectivity index (χ1v) is 13.3. The molecule has 3 aromatic rings. The molecule has 1 spiro atoms. The number of halogens is 1. The number of ketones is 2. The molecule has 6 heteroatoms. The minimum Gasteiger partial charge on any atom is -0.352 e. The minimum atomic E-state index is -1.33. The highest BCUT2D eigenvalue weighted by molar-refractivity contribution is 6.34. The van der Waals surface area contributed by atoms with Gasteiger partial charge in [-0.15, -0.1) is 0 Å². The first-order chi connectivity index (χ1) is 18.1. The van der Waals surface area contributed by atoms with E-state index in [2.05, 4.69) is 11.4 Å². The van der Waals surface area contributed by atoms with Crippen molar-refractivity contribution in [2.75, 3.05) is 10.2 Å². The fraction of sp³-hybridized carbons (Fsp3) is 0.281. The van der Waals surface area contributed by atoms with Gasteiger partial charge >= 0.3 is 0 Å². The lowest BCUT2D eigenvalue weighted by Crippen LogP contribution is -2.51. The molecule has 3 heterocycles. The third-order valence-corrected chi connectivity index (χ3v) is 8.64. The predicted molar refractivity (Wildman–Crippen MR) is 151 cm³/mol. The lowest BCUT2D eigenvalue weighted by Gasteiger charge is -2.39. The van der Waals surface area contributed by atoms with Gasteiger partial charge in [-0.2, -0.15) is 0 Å². The number of hydrogen-bond donors (Lipinski definition) is 1. The van der Waals surface area contributed by atoms with Gasteiger partial charge in [0.1, 0.15) is 11.5 Å². The predicted octanol–water partition coefficient (Wildman–Crippen LogP) is 6.32. The SMILES string of the molecule is CC1=C[C@@H]2N(c3ccccc31)[C@H](C(=O)C(C)(C)C)[C@H](C(=O)c1ccccc1Cl)[C@@]21C(=O)Nc2ccccc21. The zero-order chi connectivity index (χ0) is 27.0.